The highest BCUT2D eigenvalue weighted by Crippen LogP contribution is 2.33. The van der Waals surface area contributed by atoms with Crippen LogP contribution < -0.4 is 10.1 Å². The molecule has 0 saturated carbocycles. The Bertz CT molecular complexity index is 1280. The van der Waals surface area contributed by atoms with Crippen LogP contribution in [-0.4, -0.2) is 38.3 Å². The van der Waals surface area contributed by atoms with Gasteiger partial charge >= 0.3 is 0 Å². The Morgan fingerprint density at radius 3 is 2.91 bits per heavy atom. The molecule has 0 spiro atoms. The molecule has 2 aromatic carbocycles. The maximum absolute atomic E-state index is 12.9. The number of aromatic nitrogens is 4. The van der Waals surface area contributed by atoms with Crippen LogP contribution in [0.3, 0.4) is 0 Å². The Balaban J connectivity index is 1.28. The van der Waals surface area contributed by atoms with Crippen molar-refractivity contribution in [1.82, 2.24) is 25.1 Å². The molecule has 0 saturated heterocycles. The molecular weight excluding hydrogens is 402 g/mol. The van der Waals surface area contributed by atoms with Crippen LogP contribution in [0.2, 0.25) is 0 Å². The number of hydrogen-bond acceptors (Lipinski definition) is 5. The van der Waals surface area contributed by atoms with Crippen molar-refractivity contribution in [3.63, 3.8) is 0 Å². The summed E-state index contributed by atoms with van der Waals surface area (Å²) < 4.78 is 7.76. The summed E-state index contributed by atoms with van der Waals surface area (Å²) in [5.74, 6) is 0.699. The zero-order valence-corrected chi connectivity index (χ0v) is 17.9. The fraction of sp³-hybridized carbons (Fsp3) is 0.200. The summed E-state index contributed by atoms with van der Waals surface area (Å²) in [5, 5.41) is 7.25. The van der Waals surface area contributed by atoms with Gasteiger partial charge in [0.15, 0.2) is 0 Å². The van der Waals surface area contributed by atoms with Gasteiger partial charge in [-0.15, -0.1) is 0 Å². The Morgan fingerprint density at radius 2 is 2.06 bits per heavy atom. The third-order valence-electron chi connectivity index (χ3n) is 5.54. The fourth-order valence-electron chi connectivity index (χ4n) is 3.97. The first-order valence-corrected chi connectivity index (χ1v) is 10.6. The summed E-state index contributed by atoms with van der Waals surface area (Å²) in [7, 11) is 0. The lowest BCUT2D eigenvalue weighted by molar-refractivity contribution is 0.0933. The zero-order valence-electron chi connectivity index (χ0n) is 17.9. The van der Waals surface area contributed by atoms with Crippen LogP contribution in [0, 0.1) is 13.8 Å². The number of fused-ring (bicyclic) bond motifs is 1. The first-order chi connectivity index (χ1) is 15.6. The maximum atomic E-state index is 12.9. The van der Waals surface area contributed by atoms with Crippen molar-refractivity contribution < 1.29 is 9.53 Å². The minimum absolute atomic E-state index is 0.120. The Hall–Kier alpha value is -4.00. The second kappa shape index (κ2) is 8.26. The molecule has 32 heavy (non-hydrogen) atoms. The van der Waals surface area contributed by atoms with E-state index in [0.717, 1.165) is 46.1 Å². The lowest BCUT2D eigenvalue weighted by atomic mass is 10.0. The number of nitrogens with zero attached hydrogens (tertiary/aromatic N) is 4. The van der Waals surface area contributed by atoms with Gasteiger partial charge in [0, 0.05) is 30.6 Å². The molecule has 2 aromatic heterocycles. The van der Waals surface area contributed by atoms with E-state index >= 15 is 0 Å². The molecule has 1 amide bonds. The summed E-state index contributed by atoms with van der Waals surface area (Å²) in [5.41, 5.74) is 6.12. The summed E-state index contributed by atoms with van der Waals surface area (Å²) in [4.78, 5) is 21.9. The standard InChI is InChI=1S/C25H23N5O2/c1-16-14-26-17(2)24(29-16)18-8-9-23-19(12-18)13-20(32-23)15-27-25(31)21-6-3-4-7-22(21)30-11-5-10-28-30/h3-12,14,20H,13,15H2,1-2H3,(H,27,31)/t20-/m0/s1. The van der Waals surface area contributed by atoms with Gasteiger partial charge in [0.2, 0.25) is 0 Å². The third-order valence-corrected chi connectivity index (χ3v) is 5.54. The highest BCUT2D eigenvalue weighted by Gasteiger charge is 2.25. The number of nitrogens with one attached hydrogen (secondary N) is 1. The summed E-state index contributed by atoms with van der Waals surface area (Å²) >= 11 is 0. The van der Waals surface area contributed by atoms with Crippen molar-refractivity contribution in [3.05, 3.63) is 89.6 Å². The molecule has 0 radical (unpaired) electrons. The van der Waals surface area contributed by atoms with E-state index in [1.807, 2.05) is 56.4 Å². The summed E-state index contributed by atoms with van der Waals surface area (Å²) in [6.45, 7) is 4.32. The van der Waals surface area contributed by atoms with Crippen molar-refractivity contribution in [3.8, 4) is 22.7 Å². The van der Waals surface area contributed by atoms with Gasteiger partial charge in [0.25, 0.3) is 5.91 Å². The predicted octanol–water partition coefficient (Wildman–Crippen LogP) is 3.68. The van der Waals surface area contributed by atoms with Gasteiger partial charge in [-0.05, 0) is 55.8 Å². The average molecular weight is 425 g/mol. The van der Waals surface area contributed by atoms with Crippen molar-refractivity contribution in [1.29, 1.82) is 0 Å². The lowest BCUT2D eigenvalue weighted by Crippen LogP contribution is -2.34. The van der Waals surface area contributed by atoms with Crippen LogP contribution in [0.4, 0.5) is 0 Å². The summed E-state index contributed by atoms with van der Waals surface area (Å²) in [6, 6.07) is 15.3. The fourth-order valence-corrected chi connectivity index (χ4v) is 3.97. The van der Waals surface area contributed by atoms with Gasteiger partial charge in [-0.2, -0.15) is 5.10 Å². The van der Waals surface area contributed by atoms with Gasteiger partial charge in [0.05, 0.1) is 34.9 Å². The molecule has 4 aromatic rings. The molecule has 0 bridgehead atoms. The molecular formula is C25H23N5O2. The number of aryl methyl sites for hydroxylation is 2. The van der Waals surface area contributed by atoms with E-state index in [9.17, 15) is 4.79 Å². The van der Waals surface area contributed by atoms with Gasteiger partial charge in [-0.1, -0.05) is 12.1 Å². The lowest BCUT2D eigenvalue weighted by Gasteiger charge is -2.14. The SMILES string of the molecule is Cc1cnc(C)c(-c2ccc3c(c2)C[C@@H](CNC(=O)c2ccccc2-n2cccn2)O3)n1. The maximum Gasteiger partial charge on any atom is 0.253 e. The van der Waals surface area contributed by atoms with Crippen LogP contribution in [0.5, 0.6) is 5.75 Å². The molecule has 1 aliphatic rings. The van der Waals surface area contributed by atoms with E-state index in [4.69, 9.17) is 4.74 Å². The number of ether oxygens (including phenoxy) is 1. The minimum atomic E-state index is -0.151. The van der Waals surface area contributed by atoms with Crippen LogP contribution in [-0.2, 0) is 6.42 Å². The molecule has 7 heteroatoms. The third kappa shape index (κ3) is 3.85. The van der Waals surface area contributed by atoms with Gasteiger partial charge < -0.3 is 10.1 Å². The van der Waals surface area contributed by atoms with Crippen LogP contribution in [0.25, 0.3) is 16.9 Å². The van der Waals surface area contributed by atoms with E-state index in [1.165, 1.54) is 0 Å². The number of carbonyl (C=O) groups excluding carboxylic acids is 1. The van der Waals surface area contributed by atoms with Gasteiger partial charge in [-0.25, -0.2) is 9.67 Å². The molecule has 3 heterocycles. The van der Waals surface area contributed by atoms with E-state index in [2.05, 4.69) is 26.4 Å². The van der Waals surface area contributed by atoms with Crippen molar-refractivity contribution in [2.75, 3.05) is 6.54 Å². The molecule has 0 unspecified atom stereocenters. The van der Waals surface area contributed by atoms with Crippen molar-refractivity contribution in [2.45, 2.75) is 26.4 Å². The largest absolute Gasteiger partial charge is 0.488 e. The molecule has 0 aliphatic carbocycles. The molecule has 7 nitrogen and oxygen atoms in total. The topological polar surface area (TPSA) is 81.9 Å². The van der Waals surface area contributed by atoms with Crippen LogP contribution in [0.15, 0.2) is 67.1 Å². The summed E-state index contributed by atoms with van der Waals surface area (Å²) in [6.07, 6.45) is 5.89. The molecule has 1 N–H and O–H groups in total. The van der Waals surface area contributed by atoms with Crippen molar-refractivity contribution >= 4 is 5.91 Å². The molecule has 1 atom stereocenters. The Kier molecular flexibility index (Phi) is 5.15. The molecule has 160 valence electrons. The minimum Gasteiger partial charge on any atom is -0.488 e. The van der Waals surface area contributed by atoms with Crippen molar-refractivity contribution in [2.24, 2.45) is 0 Å². The number of amides is 1. The first-order valence-electron chi connectivity index (χ1n) is 10.6. The van der Waals surface area contributed by atoms with E-state index < -0.39 is 0 Å². The second-order valence-electron chi connectivity index (χ2n) is 7.89. The number of rotatable bonds is 5. The molecule has 0 fully saturated rings. The highest BCUT2D eigenvalue weighted by molar-refractivity contribution is 5.97. The number of carbonyl (C=O) groups is 1. The number of para-hydroxylation sites is 1. The number of benzene rings is 2. The monoisotopic (exact) mass is 425 g/mol. The number of hydrogen-bond donors (Lipinski definition) is 1. The predicted molar refractivity (Wildman–Crippen MR) is 121 cm³/mol. The highest BCUT2D eigenvalue weighted by atomic mass is 16.5. The van der Waals surface area contributed by atoms with Crippen LogP contribution >= 0.6 is 0 Å². The Labute approximate surface area is 186 Å². The molecule has 5 rings (SSSR count). The van der Waals surface area contributed by atoms with E-state index in [0.29, 0.717) is 12.1 Å². The quantitative estimate of drug-likeness (QED) is 0.528. The zero-order chi connectivity index (χ0) is 22.1. The van der Waals surface area contributed by atoms with Gasteiger partial charge in [0.1, 0.15) is 11.9 Å². The van der Waals surface area contributed by atoms with Gasteiger partial charge in [-0.3, -0.25) is 9.78 Å². The molecule has 1 aliphatic heterocycles. The first kappa shape index (κ1) is 19.9. The van der Waals surface area contributed by atoms with E-state index in [-0.39, 0.29) is 12.0 Å². The average Bonchev–Trinajstić information content (AvgIpc) is 3.48. The van der Waals surface area contributed by atoms with E-state index in [1.54, 1.807) is 23.1 Å². The Morgan fingerprint density at radius 1 is 1.19 bits per heavy atom. The second-order valence-corrected chi connectivity index (χ2v) is 7.89. The normalized spacial score (nSPS) is 14.6. The smallest absolute Gasteiger partial charge is 0.253 e. The van der Waals surface area contributed by atoms with Crippen LogP contribution in [0.1, 0.15) is 27.3 Å².